The molecule has 0 unspecified atom stereocenters. The van der Waals surface area contributed by atoms with Crippen molar-refractivity contribution in [2.75, 3.05) is 0 Å². The molecule has 64 valence electrons. The summed E-state index contributed by atoms with van der Waals surface area (Å²) in [7, 11) is 0. The van der Waals surface area contributed by atoms with Crippen molar-refractivity contribution in [3.05, 3.63) is 31.7 Å². The third-order valence-electron chi connectivity index (χ3n) is 1.74. The summed E-state index contributed by atoms with van der Waals surface area (Å²) < 4.78 is 1.90. The van der Waals surface area contributed by atoms with Crippen molar-refractivity contribution < 1.29 is 0 Å². The highest BCUT2D eigenvalue weighted by atomic mass is 127. The molecule has 2 rings (SSSR count). The van der Waals surface area contributed by atoms with Crippen LogP contribution in [0.15, 0.2) is 17.5 Å². The minimum atomic E-state index is 0.650. The molecule has 0 radical (unpaired) electrons. The van der Waals surface area contributed by atoms with Crippen molar-refractivity contribution in [3.8, 4) is 6.07 Å². The summed E-state index contributed by atoms with van der Waals surface area (Å²) in [6.45, 7) is 0. The maximum Gasteiger partial charge on any atom is 0.100 e. The molecular weight excluding hydrogens is 317 g/mol. The van der Waals surface area contributed by atoms with Gasteiger partial charge in [-0.2, -0.15) is 5.26 Å². The predicted molar refractivity (Wildman–Crippen MR) is 64.3 cm³/mol. The zero-order valence-electron chi connectivity index (χ0n) is 6.34. The monoisotopic (exact) mass is 319 g/mol. The Balaban J connectivity index is 2.94. The van der Waals surface area contributed by atoms with Gasteiger partial charge < -0.3 is 0 Å². The summed E-state index contributed by atoms with van der Waals surface area (Å²) in [6.07, 6.45) is 0. The topological polar surface area (TPSA) is 23.8 Å². The molecule has 0 saturated heterocycles. The SMILES string of the molecule is N#Cc1cc2ccsc2c(Cl)c1I. The minimum absolute atomic E-state index is 0.650. The number of hydrogen-bond donors (Lipinski definition) is 0. The van der Waals surface area contributed by atoms with E-state index in [1.807, 2.05) is 17.5 Å². The summed E-state index contributed by atoms with van der Waals surface area (Å²) in [4.78, 5) is 0. The van der Waals surface area contributed by atoms with Crippen LogP contribution in [-0.4, -0.2) is 0 Å². The van der Waals surface area contributed by atoms with Gasteiger partial charge in [-0.15, -0.1) is 11.3 Å². The Hall–Kier alpha value is -0.310. The molecule has 0 spiro atoms. The second-order valence-corrected chi connectivity index (χ2v) is 4.88. The van der Waals surface area contributed by atoms with E-state index in [0.717, 1.165) is 13.7 Å². The maximum atomic E-state index is 8.83. The standard InChI is InChI=1S/C9H3ClINS/c10-7-8(11)6(4-12)3-5-1-2-13-9(5)7/h1-3H. The number of nitriles is 1. The highest BCUT2D eigenvalue weighted by Crippen LogP contribution is 2.34. The lowest BCUT2D eigenvalue weighted by Gasteiger charge is -1.99. The van der Waals surface area contributed by atoms with Gasteiger partial charge >= 0.3 is 0 Å². The Kier molecular flexibility index (Phi) is 2.45. The number of benzene rings is 1. The first-order valence-corrected chi connectivity index (χ1v) is 5.83. The van der Waals surface area contributed by atoms with Crippen LogP contribution >= 0.6 is 45.5 Å². The molecular formula is C9H3ClINS. The van der Waals surface area contributed by atoms with Crippen molar-refractivity contribution in [2.45, 2.75) is 0 Å². The summed E-state index contributed by atoms with van der Waals surface area (Å²) >= 11 is 9.81. The van der Waals surface area contributed by atoms with Crippen molar-refractivity contribution in [2.24, 2.45) is 0 Å². The van der Waals surface area contributed by atoms with E-state index >= 15 is 0 Å². The molecule has 4 heteroatoms. The third-order valence-corrected chi connectivity index (χ3v) is 4.62. The number of fused-ring (bicyclic) bond motifs is 1. The van der Waals surface area contributed by atoms with E-state index in [9.17, 15) is 0 Å². The first kappa shape index (κ1) is 9.25. The zero-order valence-corrected chi connectivity index (χ0v) is 10.1. The van der Waals surface area contributed by atoms with E-state index < -0.39 is 0 Å². The highest BCUT2D eigenvalue weighted by molar-refractivity contribution is 14.1. The fraction of sp³-hybridized carbons (Fsp3) is 0. The normalized spacial score (nSPS) is 10.2. The molecule has 0 fully saturated rings. The Morgan fingerprint density at radius 3 is 3.00 bits per heavy atom. The average molecular weight is 320 g/mol. The molecule has 1 nitrogen and oxygen atoms in total. The van der Waals surface area contributed by atoms with Gasteiger partial charge in [-0.25, -0.2) is 0 Å². The molecule has 0 atom stereocenters. The molecule has 2 aromatic rings. The van der Waals surface area contributed by atoms with Crippen LogP contribution in [0, 0.1) is 14.9 Å². The van der Waals surface area contributed by atoms with Gasteiger partial charge in [0.25, 0.3) is 0 Å². The van der Waals surface area contributed by atoms with Crippen LogP contribution in [0.4, 0.5) is 0 Å². The molecule has 0 aliphatic carbocycles. The van der Waals surface area contributed by atoms with Crippen LogP contribution in [0.25, 0.3) is 10.1 Å². The smallest absolute Gasteiger partial charge is 0.100 e. The van der Waals surface area contributed by atoms with Gasteiger partial charge in [0.15, 0.2) is 0 Å². The molecule has 13 heavy (non-hydrogen) atoms. The molecule has 0 bridgehead atoms. The summed E-state index contributed by atoms with van der Waals surface area (Å²) in [5.74, 6) is 0. The molecule has 0 N–H and O–H groups in total. The second-order valence-electron chi connectivity index (χ2n) is 2.50. The van der Waals surface area contributed by atoms with Crippen LogP contribution < -0.4 is 0 Å². The zero-order chi connectivity index (χ0) is 9.42. The third kappa shape index (κ3) is 1.43. The number of nitrogens with zero attached hydrogens (tertiary/aromatic N) is 1. The Morgan fingerprint density at radius 1 is 1.54 bits per heavy atom. The lowest BCUT2D eigenvalue weighted by atomic mass is 10.2. The van der Waals surface area contributed by atoms with Crippen molar-refractivity contribution in [1.29, 1.82) is 5.26 Å². The van der Waals surface area contributed by atoms with Crippen molar-refractivity contribution >= 4 is 55.6 Å². The van der Waals surface area contributed by atoms with Gasteiger partial charge in [-0.3, -0.25) is 0 Å². The van der Waals surface area contributed by atoms with Crippen molar-refractivity contribution in [1.82, 2.24) is 0 Å². The number of halogens is 2. The van der Waals surface area contributed by atoms with E-state index in [1.54, 1.807) is 11.3 Å². The summed E-state index contributed by atoms with van der Waals surface area (Å²) in [5.41, 5.74) is 0.650. The molecule has 1 aromatic carbocycles. The van der Waals surface area contributed by atoms with Gasteiger partial charge in [0, 0.05) is 0 Å². The van der Waals surface area contributed by atoms with E-state index in [0.29, 0.717) is 10.6 Å². The van der Waals surface area contributed by atoms with Gasteiger partial charge in [-0.05, 0) is 45.5 Å². The van der Waals surface area contributed by atoms with Crippen LogP contribution in [-0.2, 0) is 0 Å². The fourth-order valence-electron chi connectivity index (χ4n) is 1.13. The average Bonchev–Trinajstić information content (AvgIpc) is 2.59. The van der Waals surface area contributed by atoms with Gasteiger partial charge in [-0.1, -0.05) is 11.6 Å². The molecule has 0 saturated carbocycles. The Labute approximate surface area is 98.1 Å². The Bertz CT molecular complexity index is 512. The highest BCUT2D eigenvalue weighted by Gasteiger charge is 2.09. The fourth-order valence-corrected chi connectivity index (χ4v) is 3.02. The lowest BCUT2D eigenvalue weighted by molar-refractivity contribution is 1.48. The second kappa shape index (κ2) is 3.45. The summed E-state index contributed by atoms with van der Waals surface area (Å²) in [6, 6.07) is 5.98. The van der Waals surface area contributed by atoms with E-state index in [4.69, 9.17) is 16.9 Å². The number of thiophene rings is 1. The minimum Gasteiger partial charge on any atom is -0.192 e. The molecule has 0 aliphatic heterocycles. The van der Waals surface area contributed by atoms with Gasteiger partial charge in [0.1, 0.15) is 6.07 Å². The van der Waals surface area contributed by atoms with E-state index in [2.05, 4.69) is 28.7 Å². The van der Waals surface area contributed by atoms with Gasteiger partial charge in [0.2, 0.25) is 0 Å². The van der Waals surface area contributed by atoms with E-state index in [-0.39, 0.29) is 0 Å². The maximum absolute atomic E-state index is 8.83. The number of rotatable bonds is 0. The van der Waals surface area contributed by atoms with Crippen molar-refractivity contribution in [3.63, 3.8) is 0 Å². The number of hydrogen-bond acceptors (Lipinski definition) is 2. The molecule has 0 aliphatic rings. The summed E-state index contributed by atoms with van der Waals surface area (Å²) in [5, 5.41) is 12.6. The molecule has 0 amide bonds. The quantitative estimate of drug-likeness (QED) is 0.673. The van der Waals surface area contributed by atoms with Gasteiger partial charge in [0.05, 0.1) is 18.9 Å². The Morgan fingerprint density at radius 2 is 2.31 bits per heavy atom. The molecule has 1 heterocycles. The van der Waals surface area contributed by atoms with Crippen LogP contribution in [0.1, 0.15) is 5.56 Å². The largest absolute Gasteiger partial charge is 0.192 e. The van der Waals surface area contributed by atoms with Crippen LogP contribution in [0.3, 0.4) is 0 Å². The van der Waals surface area contributed by atoms with Crippen LogP contribution in [0.2, 0.25) is 5.02 Å². The molecule has 1 aromatic heterocycles. The first-order valence-electron chi connectivity index (χ1n) is 3.49. The van der Waals surface area contributed by atoms with E-state index in [1.165, 1.54) is 0 Å². The first-order chi connectivity index (χ1) is 6.24. The van der Waals surface area contributed by atoms with Crippen LogP contribution in [0.5, 0.6) is 0 Å². The predicted octanol–water partition coefficient (Wildman–Crippen LogP) is 4.03. The lowest BCUT2D eigenvalue weighted by Crippen LogP contribution is -1.82.